The van der Waals surface area contributed by atoms with Crippen molar-refractivity contribution in [2.24, 2.45) is 5.73 Å². The number of aromatic nitrogens is 1. The van der Waals surface area contributed by atoms with Gasteiger partial charge in [0.05, 0.1) is 6.61 Å². The first-order valence-electron chi connectivity index (χ1n) is 4.90. The largest absolute Gasteiger partial charge is 0.379 e. The van der Waals surface area contributed by atoms with E-state index in [1.165, 1.54) is 0 Å². The van der Waals surface area contributed by atoms with E-state index < -0.39 is 5.54 Å². The molecule has 1 aliphatic heterocycles. The molecule has 0 spiro atoms. The highest BCUT2D eigenvalue weighted by atomic mass is 79.9. The third kappa shape index (κ3) is 2.40. The van der Waals surface area contributed by atoms with Crippen LogP contribution in [-0.2, 0) is 9.53 Å². The number of hydrogen-bond donors (Lipinski definition) is 2. The predicted molar refractivity (Wildman–Crippen MR) is 62.9 cm³/mol. The second-order valence-corrected chi connectivity index (χ2v) is 4.69. The van der Waals surface area contributed by atoms with Crippen LogP contribution < -0.4 is 11.1 Å². The third-order valence-electron chi connectivity index (χ3n) is 2.47. The Morgan fingerprint density at radius 2 is 2.44 bits per heavy atom. The summed E-state index contributed by atoms with van der Waals surface area (Å²) in [7, 11) is 0. The Morgan fingerprint density at radius 3 is 3.00 bits per heavy atom. The molecule has 1 saturated heterocycles. The summed E-state index contributed by atoms with van der Waals surface area (Å²) in [6.45, 7) is 0.785. The van der Waals surface area contributed by atoms with Crippen LogP contribution >= 0.6 is 15.9 Å². The normalized spacial score (nSPS) is 24.4. The maximum Gasteiger partial charge on any atom is 0.248 e. The Balaban J connectivity index is 2.04. The number of hydrogen-bond acceptors (Lipinski definition) is 4. The summed E-state index contributed by atoms with van der Waals surface area (Å²) in [5.74, 6) is 0.241. The molecule has 1 fully saturated rings. The first-order chi connectivity index (χ1) is 7.60. The Bertz CT molecular complexity index is 388. The number of nitrogens with zero attached hydrogens (tertiary/aromatic N) is 1. The van der Waals surface area contributed by atoms with Crippen LogP contribution in [0.25, 0.3) is 0 Å². The van der Waals surface area contributed by atoms with Crippen molar-refractivity contribution in [2.45, 2.75) is 12.0 Å². The fourth-order valence-electron chi connectivity index (χ4n) is 1.45. The summed E-state index contributed by atoms with van der Waals surface area (Å²) >= 11 is 3.27. The number of rotatable bonds is 2. The van der Waals surface area contributed by atoms with E-state index in [-0.39, 0.29) is 12.5 Å². The number of pyridine rings is 1. The van der Waals surface area contributed by atoms with E-state index in [9.17, 15) is 4.79 Å². The summed E-state index contributed by atoms with van der Waals surface area (Å²) in [4.78, 5) is 15.9. The zero-order chi connectivity index (χ0) is 11.6. The fourth-order valence-corrected chi connectivity index (χ4v) is 1.68. The van der Waals surface area contributed by atoms with Crippen LogP contribution in [0, 0.1) is 0 Å². The molecule has 86 valence electrons. The lowest BCUT2D eigenvalue weighted by molar-refractivity contribution is -0.121. The molecule has 0 bridgehead atoms. The number of ether oxygens (including phenoxy) is 1. The summed E-state index contributed by atoms with van der Waals surface area (Å²) in [6.07, 6.45) is 2.15. The maximum absolute atomic E-state index is 11.9. The van der Waals surface area contributed by atoms with Gasteiger partial charge in [-0.1, -0.05) is 0 Å². The van der Waals surface area contributed by atoms with Crippen LogP contribution in [0.2, 0.25) is 0 Å². The number of nitrogens with two attached hydrogens (primary N) is 1. The Labute approximate surface area is 102 Å². The molecule has 0 aliphatic carbocycles. The van der Waals surface area contributed by atoms with Gasteiger partial charge in [-0.2, -0.15) is 0 Å². The van der Waals surface area contributed by atoms with E-state index >= 15 is 0 Å². The number of anilines is 1. The van der Waals surface area contributed by atoms with Crippen LogP contribution in [0.1, 0.15) is 6.42 Å². The Morgan fingerprint density at radius 1 is 1.62 bits per heavy atom. The highest BCUT2D eigenvalue weighted by molar-refractivity contribution is 9.10. The van der Waals surface area contributed by atoms with Gasteiger partial charge in [0.1, 0.15) is 11.4 Å². The van der Waals surface area contributed by atoms with Crippen LogP contribution in [0.15, 0.2) is 22.8 Å². The molecule has 5 nitrogen and oxygen atoms in total. The van der Waals surface area contributed by atoms with E-state index in [2.05, 4.69) is 26.2 Å². The molecule has 1 unspecified atom stereocenters. The molecule has 1 aromatic heterocycles. The monoisotopic (exact) mass is 285 g/mol. The molecule has 1 amide bonds. The van der Waals surface area contributed by atoms with Crippen molar-refractivity contribution in [3.8, 4) is 0 Å². The molecule has 3 N–H and O–H groups in total. The number of amides is 1. The molecule has 0 radical (unpaired) electrons. The lowest BCUT2D eigenvalue weighted by Gasteiger charge is -2.20. The van der Waals surface area contributed by atoms with Gasteiger partial charge in [0.2, 0.25) is 5.91 Å². The first kappa shape index (κ1) is 11.5. The van der Waals surface area contributed by atoms with Gasteiger partial charge in [0.15, 0.2) is 0 Å². The second kappa shape index (κ2) is 4.48. The minimum atomic E-state index is -0.922. The van der Waals surface area contributed by atoms with Crippen LogP contribution in [0.3, 0.4) is 0 Å². The van der Waals surface area contributed by atoms with Crippen molar-refractivity contribution in [3.63, 3.8) is 0 Å². The van der Waals surface area contributed by atoms with Gasteiger partial charge in [-0.05, 0) is 34.5 Å². The van der Waals surface area contributed by atoms with Crippen molar-refractivity contribution in [2.75, 3.05) is 18.5 Å². The molecule has 1 aliphatic rings. The zero-order valence-corrected chi connectivity index (χ0v) is 10.2. The van der Waals surface area contributed by atoms with Gasteiger partial charge in [0.25, 0.3) is 0 Å². The van der Waals surface area contributed by atoms with Gasteiger partial charge < -0.3 is 15.8 Å². The number of carbonyl (C=O) groups excluding carboxylic acids is 1. The average molecular weight is 286 g/mol. The van der Waals surface area contributed by atoms with Crippen molar-refractivity contribution in [1.82, 2.24) is 4.98 Å². The summed E-state index contributed by atoms with van der Waals surface area (Å²) < 4.78 is 5.98. The minimum Gasteiger partial charge on any atom is -0.379 e. The lowest BCUT2D eigenvalue weighted by atomic mass is 9.99. The van der Waals surface area contributed by atoms with E-state index in [1.807, 2.05) is 0 Å². The molecule has 6 heteroatoms. The molecule has 1 aromatic rings. The van der Waals surface area contributed by atoms with E-state index in [4.69, 9.17) is 10.5 Å². The van der Waals surface area contributed by atoms with Crippen molar-refractivity contribution < 1.29 is 9.53 Å². The SMILES string of the molecule is NC1(C(=O)Nc2ccc(Br)cn2)CCOC1. The fraction of sp³-hybridized carbons (Fsp3) is 0.400. The van der Waals surface area contributed by atoms with E-state index in [0.29, 0.717) is 18.8 Å². The third-order valence-corrected chi connectivity index (χ3v) is 2.94. The minimum absolute atomic E-state index is 0.250. The van der Waals surface area contributed by atoms with E-state index in [0.717, 1.165) is 4.47 Å². The van der Waals surface area contributed by atoms with Crippen LogP contribution in [0.4, 0.5) is 5.82 Å². The molecule has 16 heavy (non-hydrogen) atoms. The highest BCUT2D eigenvalue weighted by Crippen LogP contribution is 2.18. The van der Waals surface area contributed by atoms with Crippen LogP contribution in [0.5, 0.6) is 0 Å². The molecule has 0 saturated carbocycles. The van der Waals surface area contributed by atoms with Crippen molar-refractivity contribution in [1.29, 1.82) is 0 Å². The average Bonchev–Trinajstić information content (AvgIpc) is 2.70. The second-order valence-electron chi connectivity index (χ2n) is 3.77. The Kier molecular flexibility index (Phi) is 3.22. The van der Waals surface area contributed by atoms with Gasteiger partial charge in [-0.25, -0.2) is 4.98 Å². The zero-order valence-electron chi connectivity index (χ0n) is 8.57. The topological polar surface area (TPSA) is 77.2 Å². The molecule has 1 atom stereocenters. The maximum atomic E-state index is 11.9. The highest BCUT2D eigenvalue weighted by Gasteiger charge is 2.38. The molecule has 0 aromatic carbocycles. The van der Waals surface area contributed by atoms with Crippen molar-refractivity contribution in [3.05, 3.63) is 22.8 Å². The summed E-state index contributed by atoms with van der Waals surface area (Å²) in [5.41, 5.74) is 4.98. The van der Waals surface area contributed by atoms with Gasteiger partial charge in [0, 0.05) is 17.3 Å². The van der Waals surface area contributed by atoms with Gasteiger partial charge in [-0.3, -0.25) is 4.79 Å². The number of carbonyl (C=O) groups is 1. The molecule has 2 rings (SSSR count). The predicted octanol–water partition coefficient (Wildman–Crippen LogP) is 0.900. The standard InChI is InChI=1S/C10H12BrN3O2/c11-7-1-2-8(13-5-7)14-9(15)10(12)3-4-16-6-10/h1-2,5H,3-4,6,12H2,(H,13,14,15). The first-order valence-corrected chi connectivity index (χ1v) is 5.69. The van der Waals surface area contributed by atoms with Gasteiger partial charge in [-0.15, -0.1) is 0 Å². The number of halogens is 1. The number of nitrogens with one attached hydrogen (secondary N) is 1. The summed E-state index contributed by atoms with van der Waals surface area (Å²) in [5, 5.41) is 2.68. The molecular formula is C10H12BrN3O2. The quantitative estimate of drug-likeness (QED) is 0.846. The lowest BCUT2D eigenvalue weighted by Crippen LogP contribution is -2.51. The van der Waals surface area contributed by atoms with E-state index in [1.54, 1.807) is 18.3 Å². The van der Waals surface area contributed by atoms with Crippen LogP contribution in [-0.4, -0.2) is 29.6 Å². The summed E-state index contributed by atoms with van der Waals surface area (Å²) in [6, 6.07) is 3.51. The molecular weight excluding hydrogens is 274 g/mol. The molecule has 2 heterocycles. The van der Waals surface area contributed by atoms with Gasteiger partial charge >= 0.3 is 0 Å². The Hall–Kier alpha value is -0.980. The smallest absolute Gasteiger partial charge is 0.248 e. The van der Waals surface area contributed by atoms with Crippen molar-refractivity contribution >= 4 is 27.7 Å².